The highest BCUT2D eigenvalue weighted by atomic mass is 35.5. The van der Waals surface area contributed by atoms with Gasteiger partial charge in [0, 0.05) is 17.9 Å². The van der Waals surface area contributed by atoms with E-state index in [4.69, 9.17) is 16.1 Å². The van der Waals surface area contributed by atoms with Crippen molar-refractivity contribution in [2.75, 3.05) is 5.32 Å². The number of benzene rings is 1. The Morgan fingerprint density at radius 3 is 2.68 bits per heavy atom. The number of ketones is 1. The number of aryl methyl sites for hydroxylation is 1. The van der Waals surface area contributed by atoms with Gasteiger partial charge in [-0.25, -0.2) is 4.39 Å². The molecule has 1 aliphatic heterocycles. The molecule has 9 nitrogen and oxygen atoms in total. The third-order valence-electron chi connectivity index (χ3n) is 5.75. The van der Waals surface area contributed by atoms with Gasteiger partial charge in [-0.15, -0.1) is 0 Å². The third kappa shape index (κ3) is 4.45. The number of nitrogens with zero attached hydrogens (tertiary/aromatic N) is 3. The van der Waals surface area contributed by atoms with Gasteiger partial charge in [0.2, 0.25) is 5.89 Å². The highest BCUT2D eigenvalue weighted by Gasteiger charge is 2.33. The summed E-state index contributed by atoms with van der Waals surface area (Å²) in [4.78, 5) is 43.2. The van der Waals surface area contributed by atoms with Gasteiger partial charge in [-0.3, -0.25) is 14.4 Å². The van der Waals surface area contributed by atoms with E-state index in [2.05, 4.69) is 20.8 Å². The summed E-state index contributed by atoms with van der Waals surface area (Å²) in [6.45, 7) is 5.43. The number of hydrogen-bond donors (Lipinski definition) is 2. The molecule has 0 saturated carbocycles. The zero-order chi connectivity index (χ0) is 24.6. The fourth-order valence-corrected chi connectivity index (χ4v) is 4.34. The van der Waals surface area contributed by atoms with Crippen LogP contribution in [-0.4, -0.2) is 32.3 Å². The van der Waals surface area contributed by atoms with Crippen molar-refractivity contribution in [2.24, 2.45) is 0 Å². The topological polar surface area (TPSA) is 119 Å². The van der Waals surface area contributed by atoms with Crippen LogP contribution >= 0.6 is 11.6 Å². The molecule has 0 aliphatic carbocycles. The lowest BCUT2D eigenvalue weighted by molar-refractivity contribution is -0.117. The van der Waals surface area contributed by atoms with Gasteiger partial charge in [-0.1, -0.05) is 16.8 Å². The van der Waals surface area contributed by atoms with E-state index in [-0.39, 0.29) is 16.6 Å². The van der Waals surface area contributed by atoms with E-state index in [0.29, 0.717) is 41.3 Å². The zero-order valence-electron chi connectivity index (χ0n) is 18.9. The number of aromatic nitrogens is 3. The first kappa shape index (κ1) is 23.6. The molecule has 178 valence electrons. The minimum atomic E-state index is -0.838. The molecule has 11 heteroatoms. The van der Waals surface area contributed by atoms with Gasteiger partial charge in [0.25, 0.3) is 17.6 Å². The van der Waals surface area contributed by atoms with Gasteiger partial charge < -0.3 is 19.7 Å². The van der Waals surface area contributed by atoms with E-state index >= 15 is 0 Å². The van der Waals surface area contributed by atoms with Gasteiger partial charge in [0.15, 0.2) is 5.82 Å². The molecular formula is C23H23ClFN5O4. The molecule has 2 aromatic heterocycles. The number of fused-ring (bicyclic) bond motifs is 1. The molecule has 4 rings (SSSR count). The first-order chi connectivity index (χ1) is 16.2. The number of rotatable bonds is 6. The molecule has 0 saturated heterocycles. The molecule has 0 spiro atoms. The van der Waals surface area contributed by atoms with Gasteiger partial charge in [0.1, 0.15) is 11.9 Å². The highest BCUT2D eigenvalue weighted by molar-refractivity contribution is 6.43. The van der Waals surface area contributed by atoms with Crippen molar-refractivity contribution >= 4 is 34.9 Å². The monoisotopic (exact) mass is 487 g/mol. The number of Topliss-reactive ketones (excluding diaryl/α,β-unsaturated/α-hetero) is 1. The maximum Gasteiger partial charge on any atom is 0.294 e. The van der Waals surface area contributed by atoms with Crippen molar-refractivity contribution < 1.29 is 23.3 Å². The number of hydrogen-bond acceptors (Lipinski definition) is 6. The van der Waals surface area contributed by atoms with Crippen molar-refractivity contribution in [3.8, 4) is 0 Å². The summed E-state index contributed by atoms with van der Waals surface area (Å²) in [6, 6.07) is 3.20. The van der Waals surface area contributed by atoms with Crippen molar-refractivity contribution in [3.63, 3.8) is 0 Å². The number of carbonyl (C=O) groups excluding carboxylic acids is 3. The van der Waals surface area contributed by atoms with Crippen LogP contribution in [0.3, 0.4) is 0 Å². The van der Waals surface area contributed by atoms with E-state index in [1.165, 1.54) is 12.1 Å². The summed E-state index contributed by atoms with van der Waals surface area (Å²) in [7, 11) is 0. The Balaban J connectivity index is 1.63. The quantitative estimate of drug-likeness (QED) is 0.401. The molecule has 0 bridgehead atoms. The van der Waals surface area contributed by atoms with Crippen LogP contribution in [0.5, 0.6) is 0 Å². The Bertz CT molecular complexity index is 1300. The van der Waals surface area contributed by atoms with Crippen molar-refractivity contribution in [3.05, 3.63) is 63.3 Å². The predicted octanol–water partition coefficient (Wildman–Crippen LogP) is 3.93. The number of anilines is 1. The Labute approximate surface area is 199 Å². The second-order valence-electron chi connectivity index (χ2n) is 8.19. The number of amides is 2. The summed E-state index contributed by atoms with van der Waals surface area (Å²) in [5.74, 6) is -2.05. The van der Waals surface area contributed by atoms with E-state index in [1.807, 2.05) is 0 Å². The minimum absolute atomic E-state index is 0.119. The molecule has 0 radical (unpaired) electrons. The molecule has 1 atom stereocenters. The molecule has 2 amide bonds. The molecule has 1 aliphatic rings. The van der Waals surface area contributed by atoms with Crippen LogP contribution in [0.2, 0.25) is 5.02 Å². The number of nitrogens with one attached hydrogen (secondary N) is 2. The third-order valence-corrected chi connectivity index (χ3v) is 6.04. The standard InChI is InChI=1S/C23H23ClFN5O4/c1-11-18(21(32)28-14-7-8-16(25)15(24)10-14)17-6-4-5-9-30(17)19(11)20(31)22(33)26-12(2)23-27-13(3)29-34-23/h7-8,10,12H,4-6,9H2,1-3H3,(H,26,33)(H,28,32)/t12-/m0/s1. The zero-order valence-corrected chi connectivity index (χ0v) is 19.6. The average molecular weight is 488 g/mol. The van der Waals surface area contributed by atoms with E-state index in [0.717, 1.165) is 18.9 Å². The first-order valence-electron chi connectivity index (χ1n) is 10.8. The molecule has 3 aromatic rings. The lowest BCUT2D eigenvalue weighted by Gasteiger charge is -2.18. The van der Waals surface area contributed by atoms with E-state index in [1.54, 1.807) is 25.3 Å². The molecular weight excluding hydrogens is 465 g/mol. The summed E-state index contributed by atoms with van der Waals surface area (Å²) in [5.41, 5.74) is 1.91. The average Bonchev–Trinajstić information content (AvgIpc) is 3.36. The Hall–Kier alpha value is -3.53. The van der Waals surface area contributed by atoms with Crippen molar-refractivity contribution in [2.45, 2.75) is 52.6 Å². The van der Waals surface area contributed by atoms with Crippen LogP contribution in [-0.2, 0) is 17.8 Å². The fraction of sp³-hybridized carbons (Fsp3) is 0.348. The van der Waals surface area contributed by atoms with E-state index < -0.39 is 29.5 Å². The van der Waals surface area contributed by atoms with Crippen LogP contribution < -0.4 is 10.6 Å². The Kier molecular flexibility index (Phi) is 6.52. The second kappa shape index (κ2) is 9.38. The molecule has 3 heterocycles. The van der Waals surface area contributed by atoms with E-state index in [9.17, 15) is 18.8 Å². The van der Waals surface area contributed by atoms with Gasteiger partial charge in [0.05, 0.1) is 16.3 Å². The SMILES string of the molecule is Cc1noc([C@H](C)NC(=O)C(=O)c2c(C)c(C(=O)Nc3ccc(F)c(Cl)c3)c3n2CCCC3)n1. The summed E-state index contributed by atoms with van der Waals surface area (Å²) in [6.07, 6.45) is 2.25. The molecule has 34 heavy (non-hydrogen) atoms. The van der Waals surface area contributed by atoms with Crippen LogP contribution in [0.1, 0.15) is 69.6 Å². The molecule has 0 unspecified atom stereocenters. The maximum absolute atomic E-state index is 13.5. The van der Waals surface area contributed by atoms with Crippen LogP contribution in [0.25, 0.3) is 0 Å². The lowest BCUT2D eigenvalue weighted by Crippen LogP contribution is -2.35. The smallest absolute Gasteiger partial charge is 0.294 e. The van der Waals surface area contributed by atoms with Crippen LogP contribution in [0.15, 0.2) is 22.7 Å². The predicted molar refractivity (Wildman–Crippen MR) is 121 cm³/mol. The second-order valence-corrected chi connectivity index (χ2v) is 8.60. The van der Waals surface area contributed by atoms with Gasteiger partial charge in [-0.05, 0) is 63.8 Å². The molecule has 2 N–H and O–H groups in total. The highest BCUT2D eigenvalue weighted by Crippen LogP contribution is 2.30. The van der Waals surface area contributed by atoms with Crippen LogP contribution in [0, 0.1) is 19.7 Å². The summed E-state index contributed by atoms with van der Waals surface area (Å²) in [5, 5.41) is 8.86. The summed E-state index contributed by atoms with van der Waals surface area (Å²) < 4.78 is 20.3. The largest absolute Gasteiger partial charge is 0.341 e. The maximum atomic E-state index is 13.5. The summed E-state index contributed by atoms with van der Waals surface area (Å²) >= 11 is 5.82. The molecule has 0 fully saturated rings. The molecule has 1 aromatic carbocycles. The number of carbonyl (C=O) groups is 3. The van der Waals surface area contributed by atoms with Crippen molar-refractivity contribution in [1.29, 1.82) is 0 Å². The number of halogens is 2. The van der Waals surface area contributed by atoms with Gasteiger partial charge >= 0.3 is 0 Å². The normalized spacial score (nSPS) is 13.8. The van der Waals surface area contributed by atoms with Gasteiger partial charge in [-0.2, -0.15) is 4.98 Å². The fourth-order valence-electron chi connectivity index (χ4n) is 4.16. The van der Waals surface area contributed by atoms with Crippen LogP contribution in [0.4, 0.5) is 10.1 Å². The Morgan fingerprint density at radius 2 is 2.00 bits per heavy atom. The first-order valence-corrected chi connectivity index (χ1v) is 11.2. The minimum Gasteiger partial charge on any atom is -0.341 e. The lowest BCUT2D eigenvalue weighted by atomic mass is 10.0. The van der Waals surface area contributed by atoms with Crippen molar-refractivity contribution in [1.82, 2.24) is 20.0 Å². The Morgan fingerprint density at radius 1 is 1.24 bits per heavy atom.